The second-order valence-corrected chi connectivity index (χ2v) is 25.9. The molecule has 0 spiro atoms. The van der Waals surface area contributed by atoms with Gasteiger partial charge in [-0.15, -0.1) is 0 Å². The highest BCUT2D eigenvalue weighted by Gasteiger charge is 2.76. The van der Waals surface area contributed by atoms with Crippen LogP contribution in [0.15, 0.2) is 11.6 Å². The smallest absolute Gasteiger partial charge is 0.335 e. The van der Waals surface area contributed by atoms with E-state index in [-0.39, 0.29) is 11.8 Å². The lowest BCUT2D eigenvalue weighted by atomic mass is 9.32. The predicted octanol–water partition coefficient (Wildman–Crippen LogP) is -1.63. The largest absolute Gasteiger partial charge is 0.479 e. The first kappa shape index (κ1) is 61.5. The van der Waals surface area contributed by atoms with Gasteiger partial charge < -0.3 is 104 Å². The highest BCUT2D eigenvalue weighted by atomic mass is 16.8. The highest BCUT2D eigenvalue weighted by Crippen LogP contribution is 2.76. The first-order chi connectivity index (χ1) is 36.3. The molecule has 0 radical (unpaired) electrons. The molecule has 8 rings (SSSR count). The number of carboxylic acids is 1. The summed E-state index contributed by atoms with van der Waals surface area (Å²) in [6.07, 6.45) is -30.2. The normalized spacial score (nSPS) is 50.7. The topological polar surface area (TPSA) is 388 Å². The summed E-state index contributed by atoms with van der Waals surface area (Å²) >= 11 is 0. The molecule has 0 aromatic heterocycles. The fourth-order valence-corrected chi connectivity index (χ4v) is 16.2. The molecule has 24 heteroatoms. The third kappa shape index (κ3) is 9.49. The maximum atomic E-state index is 13.3. The van der Waals surface area contributed by atoms with Crippen molar-refractivity contribution in [2.75, 3.05) is 19.8 Å². The van der Waals surface area contributed by atoms with Crippen LogP contribution in [-0.4, -0.2) is 227 Å². The molecule has 446 valence electrons. The molecule has 0 bridgehead atoms. The summed E-state index contributed by atoms with van der Waals surface area (Å²) in [5.74, 6) is -4.45. The van der Waals surface area contributed by atoms with Crippen LogP contribution in [0.25, 0.3) is 0 Å². The molecule has 0 aromatic rings. The molecule has 3 heterocycles. The molecule has 24 nitrogen and oxygen atoms in total. The van der Waals surface area contributed by atoms with Crippen molar-refractivity contribution >= 4 is 17.9 Å². The quantitative estimate of drug-likeness (QED) is 0.0559. The maximum Gasteiger partial charge on any atom is 0.335 e. The number of aliphatic hydroxyl groups excluding tert-OH is 12. The van der Waals surface area contributed by atoms with Gasteiger partial charge in [0.25, 0.3) is 0 Å². The number of aliphatic carboxylic acids is 1. The van der Waals surface area contributed by atoms with Gasteiger partial charge in [-0.05, 0) is 72.5 Å². The lowest BCUT2D eigenvalue weighted by molar-refractivity contribution is -0.396. The van der Waals surface area contributed by atoms with Crippen molar-refractivity contribution in [2.45, 2.75) is 230 Å². The molecule has 0 unspecified atom stereocenters. The number of fused-ring (bicyclic) bond motifs is 7. The SMILES string of the molecule is CC(=O)O[C@H]1[C@H](OC(=O)C(C)C)C(C)(C)C[C@@H]2C3=CC[C@@H]4[C@@]5(C)CC[C@H](O[C@@H]6O[C@@H](C(=O)O)[C@@H](O)[C@H](O[C@@H]7O[C@@H](CO)[C@@H](O)[C@H](O)[C@@H]7O)[C@@H]6O[C@@H]6O[C@@H](CO)[C@@H](O)[C@H](O)[C@@H]6O)C(C)(C)[C@@H]5CC[C@@]4(C)[C@]3(C)[C@@H](O)[C@@H](O)[C@]21CO. The zero-order chi connectivity index (χ0) is 57.9. The first-order valence-corrected chi connectivity index (χ1v) is 27.5. The standard InChI is InChI=1S/C54H86O24/c1-21(2)45(70)78-42-43(71-22(3)58)54(20-57)24(17-49(42,4)5)23-11-12-28-51(8)15-14-29(50(6,7)27(51)13-16-52(28,9)53(23,10)40(66)41(54)67)74-48-39(77-47-35(64)33(62)31(60)26(19-56)73-47)37(36(65)38(76-48)44(68)69)75-46-34(63)32(61)30(59)25(18-55)72-46/h11,21,24-43,46-48,55-57,59-67H,12-20H2,1-10H3,(H,68,69)/t24-,25+,26+,27+,28-,29+,30-,31-,32+,33+,34+,35+,36+,37+,38-,39+,40+,41-,42+,43+,46+,47+,48-,51+,52-,53+,54+/m1/s1. The molecular formula is C54H86O24. The van der Waals surface area contributed by atoms with E-state index in [1.807, 2.05) is 34.6 Å². The Kier molecular flexibility index (Phi) is 17.3. The van der Waals surface area contributed by atoms with Gasteiger partial charge in [-0.25, -0.2) is 4.79 Å². The fraction of sp³-hybridized carbons (Fsp3) is 0.907. The van der Waals surface area contributed by atoms with Gasteiger partial charge in [-0.1, -0.05) is 74.0 Å². The molecule has 5 aliphatic carbocycles. The van der Waals surface area contributed by atoms with Gasteiger partial charge in [0.1, 0.15) is 73.2 Å². The Labute approximate surface area is 453 Å². The van der Waals surface area contributed by atoms with Crippen molar-refractivity contribution in [2.24, 2.45) is 56.2 Å². The van der Waals surface area contributed by atoms with Crippen LogP contribution in [0.2, 0.25) is 0 Å². The van der Waals surface area contributed by atoms with Crippen molar-refractivity contribution in [3.05, 3.63) is 11.6 Å². The van der Waals surface area contributed by atoms with E-state index in [1.165, 1.54) is 6.92 Å². The van der Waals surface area contributed by atoms with Crippen LogP contribution >= 0.6 is 0 Å². The zero-order valence-corrected chi connectivity index (χ0v) is 46.1. The van der Waals surface area contributed by atoms with Crippen LogP contribution in [0, 0.1) is 56.2 Å². The summed E-state index contributed by atoms with van der Waals surface area (Å²) in [5.41, 5.74) is -4.87. The molecule has 13 N–H and O–H groups in total. The van der Waals surface area contributed by atoms with Crippen molar-refractivity contribution < 1.29 is 119 Å². The molecule has 4 saturated carbocycles. The molecule has 0 aromatic carbocycles. The summed E-state index contributed by atoms with van der Waals surface area (Å²) in [7, 11) is 0. The van der Waals surface area contributed by atoms with Gasteiger partial charge in [0.2, 0.25) is 0 Å². The van der Waals surface area contributed by atoms with E-state index >= 15 is 0 Å². The van der Waals surface area contributed by atoms with Crippen molar-refractivity contribution in [1.82, 2.24) is 0 Å². The molecule has 27 atom stereocenters. The minimum atomic E-state index is -2.19. The van der Waals surface area contributed by atoms with Gasteiger partial charge in [0.15, 0.2) is 31.1 Å². The number of hydrogen-bond acceptors (Lipinski definition) is 23. The van der Waals surface area contributed by atoms with E-state index in [2.05, 4.69) is 19.9 Å². The second kappa shape index (κ2) is 21.9. The summed E-state index contributed by atoms with van der Waals surface area (Å²) in [6, 6.07) is 0. The second-order valence-electron chi connectivity index (χ2n) is 25.9. The van der Waals surface area contributed by atoms with Crippen LogP contribution in [0.4, 0.5) is 0 Å². The summed E-state index contributed by atoms with van der Waals surface area (Å²) in [4.78, 5) is 39.1. The minimum absolute atomic E-state index is 0.155. The number of carbonyl (C=O) groups excluding carboxylic acids is 2. The third-order valence-corrected chi connectivity index (χ3v) is 20.7. The number of hydrogen-bond donors (Lipinski definition) is 13. The lowest BCUT2D eigenvalue weighted by Gasteiger charge is -2.73. The third-order valence-electron chi connectivity index (χ3n) is 20.7. The molecule has 3 aliphatic heterocycles. The van der Waals surface area contributed by atoms with Gasteiger partial charge in [0, 0.05) is 17.8 Å². The van der Waals surface area contributed by atoms with Crippen LogP contribution in [0.1, 0.15) is 108 Å². The van der Waals surface area contributed by atoms with Crippen LogP contribution in [0.3, 0.4) is 0 Å². The summed E-state index contributed by atoms with van der Waals surface area (Å²) in [5, 5.41) is 144. The Bertz CT molecular complexity index is 2220. The Morgan fingerprint density at radius 3 is 1.73 bits per heavy atom. The van der Waals surface area contributed by atoms with Gasteiger partial charge >= 0.3 is 17.9 Å². The molecule has 0 amide bonds. The molecule has 3 saturated heterocycles. The van der Waals surface area contributed by atoms with Gasteiger partial charge in [0.05, 0.1) is 49.5 Å². The highest BCUT2D eigenvalue weighted by molar-refractivity contribution is 5.73. The number of esters is 2. The van der Waals surface area contributed by atoms with E-state index in [1.54, 1.807) is 13.8 Å². The van der Waals surface area contributed by atoms with Gasteiger partial charge in [-0.2, -0.15) is 0 Å². The number of allylic oxidation sites excluding steroid dienone is 1. The number of rotatable bonds is 13. The summed E-state index contributed by atoms with van der Waals surface area (Å²) in [6.45, 7) is 16.2. The molecule has 7 fully saturated rings. The average molecular weight is 1120 g/mol. The van der Waals surface area contributed by atoms with Crippen molar-refractivity contribution in [3.8, 4) is 0 Å². The lowest BCUT2D eigenvalue weighted by Crippen LogP contribution is -2.76. The Morgan fingerprint density at radius 1 is 0.654 bits per heavy atom. The number of aliphatic hydroxyl groups is 12. The Balaban J connectivity index is 1.13. The fourth-order valence-electron chi connectivity index (χ4n) is 16.2. The Hall–Kier alpha value is -2.57. The zero-order valence-electron chi connectivity index (χ0n) is 46.1. The molecular weight excluding hydrogens is 1030 g/mol. The monoisotopic (exact) mass is 1120 g/mol. The number of carboxylic acid groups (broad SMARTS) is 1. The average Bonchev–Trinajstić information content (AvgIpc) is 2.68. The molecule has 8 aliphatic rings. The van der Waals surface area contributed by atoms with Crippen LogP contribution in [0.5, 0.6) is 0 Å². The summed E-state index contributed by atoms with van der Waals surface area (Å²) < 4.78 is 48.6. The Morgan fingerprint density at radius 2 is 1.22 bits per heavy atom. The van der Waals surface area contributed by atoms with Crippen LogP contribution < -0.4 is 0 Å². The van der Waals surface area contributed by atoms with E-state index in [9.17, 15) is 80.8 Å². The van der Waals surface area contributed by atoms with E-state index in [0.717, 1.165) is 5.57 Å². The van der Waals surface area contributed by atoms with E-state index in [0.29, 0.717) is 38.5 Å². The van der Waals surface area contributed by atoms with Crippen molar-refractivity contribution in [1.29, 1.82) is 0 Å². The first-order valence-electron chi connectivity index (χ1n) is 27.5. The van der Waals surface area contributed by atoms with Crippen molar-refractivity contribution in [3.63, 3.8) is 0 Å². The van der Waals surface area contributed by atoms with Gasteiger partial charge in [-0.3, -0.25) is 9.59 Å². The predicted molar refractivity (Wildman–Crippen MR) is 264 cm³/mol. The van der Waals surface area contributed by atoms with E-state index < -0.39 is 205 Å². The van der Waals surface area contributed by atoms with Crippen LogP contribution in [-0.2, 0) is 52.3 Å². The number of ether oxygens (including phenoxy) is 8. The van der Waals surface area contributed by atoms with E-state index in [4.69, 9.17) is 37.9 Å². The minimum Gasteiger partial charge on any atom is -0.479 e. The molecule has 78 heavy (non-hydrogen) atoms. The number of carbonyl (C=O) groups is 3. The maximum absolute atomic E-state index is 13.3.